The monoisotopic (exact) mass is 440 g/mol. The lowest BCUT2D eigenvalue weighted by molar-refractivity contribution is -0.112. The largest absolute Gasteiger partial charge is 0.381 e. The Morgan fingerprint density at radius 3 is 2.34 bits per heavy atom. The highest BCUT2D eigenvalue weighted by molar-refractivity contribution is 5.38. The van der Waals surface area contributed by atoms with E-state index in [0.29, 0.717) is 22.3 Å². The Morgan fingerprint density at radius 2 is 1.69 bits per heavy atom. The standard InChI is InChI=1S/C31H52O/c1-21(2)11-10-12-22(3)23-15-19-31(8)25-13-14-26-28(4,5)27(32-9)17-18-29(26,6)24(25)16-20-30(23,31)7/h11,22-23,26-27H,10,12-20H2,1-9H3/t22-,23-,26?,27+,29-,30-,31+/m1/s1. The SMILES string of the molecule is CO[C@H]1CC[C@]2(C)C3=C(CCC2C1(C)C)[C@]1(C)CC[C@H]([C@H](C)CCC=C(C)C)[C@@]1(C)CC3. The molecule has 4 aliphatic rings. The van der Waals surface area contributed by atoms with Crippen LogP contribution >= 0.6 is 0 Å². The molecule has 7 atom stereocenters. The molecular formula is C31H52O. The molecule has 0 spiro atoms. The molecule has 0 amide bonds. The number of rotatable bonds is 5. The van der Waals surface area contributed by atoms with Gasteiger partial charge < -0.3 is 4.74 Å². The van der Waals surface area contributed by atoms with Gasteiger partial charge in [0.25, 0.3) is 0 Å². The van der Waals surface area contributed by atoms with Crippen LogP contribution in [0.3, 0.4) is 0 Å². The van der Waals surface area contributed by atoms with Crippen molar-refractivity contribution in [2.75, 3.05) is 7.11 Å². The molecular weight excluding hydrogens is 388 g/mol. The molecule has 0 aliphatic heterocycles. The van der Waals surface area contributed by atoms with E-state index in [0.717, 1.165) is 17.8 Å². The van der Waals surface area contributed by atoms with Gasteiger partial charge in [0.2, 0.25) is 0 Å². The Labute approximate surface area is 199 Å². The summed E-state index contributed by atoms with van der Waals surface area (Å²) in [7, 11) is 1.94. The first-order chi connectivity index (χ1) is 14.9. The summed E-state index contributed by atoms with van der Waals surface area (Å²) in [4.78, 5) is 0. The predicted octanol–water partition coefficient (Wildman–Crippen LogP) is 9.13. The highest BCUT2D eigenvalue weighted by Gasteiger charge is 2.63. The molecule has 0 heterocycles. The predicted molar refractivity (Wildman–Crippen MR) is 138 cm³/mol. The zero-order chi connectivity index (χ0) is 23.5. The highest BCUT2D eigenvalue weighted by Crippen LogP contribution is 2.72. The highest BCUT2D eigenvalue weighted by atomic mass is 16.5. The van der Waals surface area contributed by atoms with E-state index in [9.17, 15) is 0 Å². The van der Waals surface area contributed by atoms with Crippen LogP contribution in [0.1, 0.15) is 120 Å². The van der Waals surface area contributed by atoms with E-state index in [1.54, 1.807) is 0 Å². The Balaban J connectivity index is 1.64. The normalized spacial score (nSPS) is 43.8. The van der Waals surface area contributed by atoms with E-state index in [2.05, 4.69) is 61.5 Å². The molecule has 0 radical (unpaired) electrons. The van der Waals surface area contributed by atoms with E-state index in [1.807, 2.05) is 18.3 Å². The fourth-order valence-corrected chi connectivity index (χ4v) is 9.87. The summed E-state index contributed by atoms with van der Waals surface area (Å²) < 4.78 is 6.01. The Hall–Kier alpha value is -0.560. The number of hydrogen-bond acceptors (Lipinski definition) is 1. The third-order valence-electron chi connectivity index (χ3n) is 11.9. The molecule has 2 saturated carbocycles. The van der Waals surface area contributed by atoms with Crippen LogP contribution in [-0.2, 0) is 4.74 Å². The first-order valence-electron chi connectivity index (χ1n) is 13.8. The summed E-state index contributed by atoms with van der Waals surface area (Å²) >= 11 is 0. The van der Waals surface area contributed by atoms with Gasteiger partial charge in [-0.3, -0.25) is 0 Å². The van der Waals surface area contributed by atoms with E-state index < -0.39 is 0 Å². The molecule has 0 saturated heterocycles. The third-order valence-corrected chi connectivity index (χ3v) is 11.9. The van der Waals surface area contributed by atoms with Crippen molar-refractivity contribution in [3.63, 3.8) is 0 Å². The van der Waals surface area contributed by atoms with E-state index >= 15 is 0 Å². The molecule has 0 aromatic heterocycles. The fraction of sp³-hybridized carbons (Fsp3) is 0.871. The summed E-state index contributed by atoms with van der Waals surface area (Å²) in [6, 6.07) is 0. The molecule has 0 N–H and O–H groups in total. The van der Waals surface area contributed by atoms with Gasteiger partial charge in [0.1, 0.15) is 0 Å². The maximum absolute atomic E-state index is 6.01. The van der Waals surface area contributed by atoms with Crippen LogP contribution in [0, 0.1) is 39.4 Å². The fourth-order valence-electron chi connectivity index (χ4n) is 9.87. The van der Waals surface area contributed by atoms with Gasteiger partial charge in [-0.05, 0) is 117 Å². The van der Waals surface area contributed by atoms with Crippen molar-refractivity contribution >= 4 is 0 Å². The molecule has 1 nitrogen and oxygen atoms in total. The lowest BCUT2D eigenvalue weighted by Gasteiger charge is -2.62. The van der Waals surface area contributed by atoms with Crippen LogP contribution < -0.4 is 0 Å². The van der Waals surface area contributed by atoms with Crippen LogP contribution in [0.2, 0.25) is 0 Å². The van der Waals surface area contributed by atoms with Crippen LogP contribution in [0.25, 0.3) is 0 Å². The lowest BCUT2D eigenvalue weighted by Crippen LogP contribution is -2.55. The number of methoxy groups -OCH3 is 1. The van der Waals surface area contributed by atoms with Crippen molar-refractivity contribution in [3.05, 3.63) is 22.8 Å². The zero-order valence-electron chi connectivity index (χ0n) is 22.9. The number of ether oxygens (including phenoxy) is 1. The van der Waals surface area contributed by atoms with Crippen LogP contribution in [0.5, 0.6) is 0 Å². The molecule has 1 unspecified atom stereocenters. The quantitative estimate of drug-likeness (QED) is 0.387. The van der Waals surface area contributed by atoms with E-state index in [4.69, 9.17) is 4.74 Å². The van der Waals surface area contributed by atoms with Crippen molar-refractivity contribution in [1.82, 2.24) is 0 Å². The Kier molecular flexibility index (Phi) is 6.36. The van der Waals surface area contributed by atoms with E-state index in [1.165, 1.54) is 69.8 Å². The maximum Gasteiger partial charge on any atom is 0.0625 e. The molecule has 0 bridgehead atoms. The van der Waals surface area contributed by atoms with Crippen LogP contribution in [0.4, 0.5) is 0 Å². The second-order valence-corrected chi connectivity index (χ2v) is 13.8. The number of hydrogen-bond donors (Lipinski definition) is 0. The van der Waals surface area contributed by atoms with Gasteiger partial charge in [-0.15, -0.1) is 0 Å². The molecule has 32 heavy (non-hydrogen) atoms. The molecule has 4 aliphatic carbocycles. The van der Waals surface area contributed by atoms with Crippen LogP contribution in [-0.4, -0.2) is 13.2 Å². The van der Waals surface area contributed by atoms with Crippen molar-refractivity contribution in [2.45, 2.75) is 126 Å². The second-order valence-electron chi connectivity index (χ2n) is 13.8. The molecule has 1 heteroatoms. The molecule has 182 valence electrons. The van der Waals surface area contributed by atoms with Gasteiger partial charge in [-0.2, -0.15) is 0 Å². The van der Waals surface area contributed by atoms with Gasteiger partial charge >= 0.3 is 0 Å². The summed E-state index contributed by atoms with van der Waals surface area (Å²) in [5.74, 6) is 2.49. The zero-order valence-corrected chi connectivity index (χ0v) is 22.9. The number of fused-ring (bicyclic) bond motifs is 4. The summed E-state index contributed by atoms with van der Waals surface area (Å²) in [6.45, 7) is 20.1. The Bertz CT molecular complexity index is 782. The first-order valence-corrected chi connectivity index (χ1v) is 13.8. The average molecular weight is 441 g/mol. The smallest absolute Gasteiger partial charge is 0.0625 e. The summed E-state index contributed by atoms with van der Waals surface area (Å²) in [5, 5.41) is 0. The van der Waals surface area contributed by atoms with Crippen molar-refractivity contribution in [3.8, 4) is 0 Å². The average Bonchev–Trinajstić information content (AvgIpc) is 2.99. The van der Waals surface area contributed by atoms with Crippen molar-refractivity contribution in [2.24, 2.45) is 39.4 Å². The first kappa shape index (κ1) is 24.6. The molecule has 4 rings (SSSR count). The van der Waals surface area contributed by atoms with Gasteiger partial charge in [0.15, 0.2) is 0 Å². The van der Waals surface area contributed by atoms with Gasteiger partial charge in [0.05, 0.1) is 6.10 Å². The third kappa shape index (κ3) is 3.42. The summed E-state index contributed by atoms with van der Waals surface area (Å²) in [5.41, 5.74) is 6.89. The second kappa shape index (κ2) is 8.28. The van der Waals surface area contributed by atoms with Gasteiger partial charge in [-0.1, -0.05) is 64.3 Å². The lowest BCUT2D eigenvalue weighted by atomic mass is 9.43. The molecule has 0 aromatic carbocycles. The van der Waals surface area contributed by atoms with Crippen molar-refractivity contribution in [1.29, 1.82) is 0 Å². The topological polar surface area (TPSA) is 9.23 Å². The van der Waals surface area contributed by atoms with E-state index in [-0.39, 0.29) is 5.41 Å². The maximum atomic E-state index is 6.01. The number of allylic oxidation sites excluding steroid dienone is 4. The summed E-state index contributed by atoms with van der Waals surface area (Å²) in [6.07, 6.45) is 16.4. The van der Waals surface area contributed by atoms with Gasteiger partial charge in [0, 0.05) is 7.11 Å². The van der Waals surface area contributed by atoms with Crippen molar-refractivity contribution < 1.29 is 4.74 Å². The Morgan fingerprint density at radius 1 is 0.969 bits per heavy atom. The van der Waals surface area contributed by atoms with Gasteiger partial charge in [-0.25, -0.2) is 0 Å². The van der Waals surface area contributed by atoms with Crippen LogP contribution in [0.15, 0.2) is 22.8 Å². The minimum absolute atomic E-state index is 0.277. The molecule has 2 fully saturated rings. The minimum Gasteiger partial charge on any atom is -0.381 e. The minimum atomic E-state index is 0.277. The molecule has 0 aromatic rings.